The molecule has 146 valence electrons. The van der Waals surface area contributed by atoms with E-state index in [4.69, 9.17) is 16.3 Å². The van der Waals surface area contributed by atoms with Crippen LogP contribution in [0, 0.1) is 0 Å². The fraction of sp³-hybridized carbons (Fsp3) is 0.381. The molecule has 28 heavy (non-hydrogen) atoms. The van der Waals surface area contributed by atoms with Gasteiger partial charge in [0, 0.05) is 29.2 Å². The van der Waals surface area contributed by atoms with Crippen molar-refractivity contribution in [3.05, 3.63) is 64.7 Å². The van der Waals surface area contributed by atoms with Gasteiger partial charge in [0.05, 0.1) is 18.9 Å². The number of rotatable bonds is 5. The lowest BCUT2D eigenvalue weighted by molar-refractivity contribution is 0.0139. The maximum Gasteiger partial charge on any atom is 0.195 e. The zero-order valence-corrected chi connectivity index (χ0v) is 16.5. The highest BCUT2D eigenvalue weighted by molar-refractivity contribution is 6.31. The molecule has 7 heteroatoms. The van der Waals surface area contributed by atoms with Crippen LogP contribution < -0.4 is 5.01 Å². The first-order valence-corrected chi connectivity index (χ1v) is 9.98. The van der Waals surface area contributed by atoms with Crippen LogP contribution in [-0.2, 0) is 4.74 Å². The molecule has 2 aliphatic rings. The molecule has 0 amide bonds. The number of nitrogens with zero attached hydrogens (tertiary/aromatic N) is 4. The minimum absolute atomic E-state index is 0.0302. The fourth-order valence-electron chi connectivity index (χ4n) is 3.76. The lowest BCUT2D eigenvalue weighted by Crippen LogP contribution is -2.53. The summed E-state index contributed by atoms with van der Waals surface area (Å²) in [6.45, 7) is 5.13. The van der Waals surface area contributed by atoms with Crippen LogP contribution in [0.4, 0.5) is 5.69 Å². The summed E-state index contributed by atoms with van der Waals surface area (Å²) in [5, 5.41) is 11.4. The van der Waals surface area contributed by atoms with E-state index in [9.17, 15) is 4.79 Å². The molecule has 2 aliphatic heterocycles. The molecule has 4 rings (SSSR count). The number of ketones is 1. The van der Waals surface area contributed by atoms with Crippen LogP contribution in [0.3, 0.4) is 0 Å². The molecule has 2 aromatic rings. The number of morpholine rings is 1. The third-order valence-corrected chi connectivity index (χ3v) is 5.45. The molecule has 2 aromatic carbocycles. The largest absolute Gasteiger partial charge is 0.379 e. The lowest BCUT2D eigenvalue weighted by Gasteiger charge is -2.38. The average Bonchev–Trinajstić information content (AvgIpc) is 3.18. The van der Waals surface area contributed by atoms with Gasteiger partial charge < -0.3 is 4.74 Å². The van der Waals surface area contributed by atoms with E-state index in [1.807, 2.05) is 41.4 Å². The molecule has 2 unspecified atom stereocenters. The van der Waals surface area contributed by atoms with Gasteiger partial charge >= 0.3 is 0 Å². The van der Waals surface area contributed by atoms with Crippen LogP contribution in [-0.4, -0.2) is 49.2 Å². The Morgan fingerprint density at radius 1 is 1.18 bits per heavy atom. The topological polar surface area (TPSA) is 57.5 Å². The Kier molecular flexibility index (Phi) is 5.71. The Morgan fingerprint density at radius 2 is 1.93 bits per heavy atom. The van der Waals surface area contributed by atoms with E-state index >= 15 is 0 Å². The van der Waals surface area contributed by atoms with Crippen molar-refractivity contribution in [3.8, 4) is 0 Å². The van der Waals surface area contributed by atoms with Crippen molar-refractivity contribution in [2.24, 2.45) is 10.3 Å². The Balaban J connectivity index is 1.73. The van der Waals surface area contributed by atoms with Gasteiger partial charge in [-0.2, -0.15) is 5.11 Å². The van der Waals surface area contributed by atoms with Crippen molar-refractivity contribution in [1.82, 2.24) is 4.90 Å². The van der Waals surface area contributed by atoms with E-state index in [0.29, 0.717) is 29.4 Å². The Bertz CT molecular complexity index is 868. The van der Waals surface area contributed by atoms with E-state index < -0.39 is 0 Å². The summed E-state index contributed by atoms with van der Waals surface area (Å²) < 4.78 is 5.51. The van der Waals surface area contributed by atoms with E-state index in [-0.39, 0.29) is 18.0 Å². The second-order valence-corrected chi connectivity index (χ2v) is 7.38. The van der Waals surface area contributed by atoms with Gasteiger partial charge in [0.1, 0.15) is 12.2 Å². The molecule has 0 saturated carbocycles. The first-order chi connectivity index (χ1) is 13.7. The molecule has 0 spiro atoms. The van der Waals surface area contributed by atoms with Crippen LogP contribution in [0.2, 0.25) is 5.02 Å². The number of carbonyl (C=O) groups is 1. The molecule has 1 saturated heterocycles. The summed E-state index contributed by atoms with van der Waals surface area (Å²) in [6, 6.07) is 14.7. The quantitative estimate of drug-likeness (QED) is 0.708. The summed E-state index contributed by atoms with van der Waals surface area (Å²) in [5.41, 5.74) is 1.89. The Morgan fingerprint density at radius 3 is 2.64 bits per heavy atom. The van der Waals surface area contributed by atoms with Gasteiger partial charge in [-0.3, -0.25) is 9.69 Å². The first kappa shape index (κ1) is 19.1. The van der Waals surface area contributed by atoms with Gasteiger partial charge in [0.25, 0.3) is 0 Å². The van der Waals surface area contributed by atoms with Gasteiger partial charge in [0.15, 0.2) is 5.78 Å². The fourth-order valence-corrected chi connectivity index (χ4v) is 3.93. The van der Waals surface area contributed by atoms with Gasteiger partial charge in [-0.15, -0.1) is 0 Å². The molecule has 0 bridgehead atoms. The van der Waals surface area contributed by atoms with E-state index in [2.05, 4.69) is 22.2 Å². The zero-order valence-electron chi connectivity index (χ0n) is 15.8. The van der Waals surface area contributed by atoms with Gasteiger partial charge in [-0.1, -0.05) is 54.1 Å². The third kappa shape index (κ3) is 3.68. The predicted molar refractivity (Wildman–Crippen MR) is 109 cm³/mol. The normalized spacial score (nSPS) is 22.6. The summed E-state index contributed by atoms with van der Waals surface area (Å²) in [4.78, 5) is 15.6. The summed E-state index contributed by atoms with van der Waals surface area (Å²) >= 11 is 6.24. The molecule has 0 aromatic heterocycles. The first-order valence-electron chi connectivity index (χ1n) is 9.60. The molecule has 2 atom stereocenters. The van der Waals surface area contributed by atoms with Crippen molar-refractivity contribution in [2.45, 2.75) is 25.6 Å². The van der Waals surface area contributed by atoms with Crippen LogP contribution in [0.25, 0.3) is 0 Å². The van der Waals surface area contributed by atoms with Gasteiger partial charge in [-0.25, -0.2) is 5.01 Å². The van der Waals surface area contributed by atoms with Crippen molar-refractivity contribution in [1.29, 1.82) is 0 Å². The minimum Gasteiger partial charge on any atom is -0.379 e. The molecule has 0 radical (unpaired) electrons. The zero-order chi connectivity index (χ0) is 19.5. The van der Waals surface area contributed by atoms with Crippen molar-refractivity contribution in [2.75, 3.05) is 31.3 Å². The second-order valence-electron chi connectivity index (χ2n) is 6.94. The average molecular weight is 399 g/mol. The maximum absolute atomic E-state index is 13.2. The van der Waals surface area contributed by atoms with Crippen LogP contribution in [0.1, 0.15) is 29.3 Å². The number of hydrogen-bond donors (Lipinski definition) is 0. The van der Waals surface area contributed by atoms with E-state index in [0.717, 1.165) is 25.2 Å². The molecule has 6 nitrogen and oxygen atoms in total. The van der Waals surface area contributed by atoms with E-state index in [1.54, 1.807) is 12.1 Å². The highest BCUT2D eigenvalue weighted by Gasteiger charge is 2.39. The predicted octanol–water partition coefficient (Wildman–Crippen LogP) is 4.20. The maximum atomic E-state index is 13.2. The second kappa shape index (κ2) is 8.39. The monoisotopic (exact) mass is 398 g/mol. The number of ether oxygens (including phenoxy) is 1. The summed E-state index contributed by atoms with van der Waals surface area (Å²) in [7, 11) is 0. The van der Waals surface area contributed by atoms with Crippen LogP contribution >= 0.6 is 11.6 Å². The summed E-state index contributed by atoms with van der Waals surface area (Å²) in [6.07, 6.45) is 0.842. The number of halogens is 1. The highest BCUT2D eigenvalue weighted by Crippen LogP contribution is 2.34. The molecule has 2 heterocycles. The summed E-state index contributed by atoms with van der Waals surface area (Å²) in [5.74, 6) is -0.0750. The van der Waals surface area contributed by atoms with Gasteiger partial charge in [0.2, 0.25) is 0 Å². The van der Waals surface area contributed by atoms with Gasteiger partial charge in [-0.05, 0) is 24.6 Å². The molecule has 1 fully saturated rings. The lowest BCUT2D eigenvalue weighted by atomic mass is 10.0. The molecule has 0 N–H and O–H groups in total. The Hall–Kier alpha value is -2.28. The molecular weight excluding hydrogens is 376 g/mol. The molecule has 0 aliphatic carbocycles. The standard InChI is InChI=1S/C21H23ClN4O2/c1-2-18-21(25-10-12-28-13-11-25)26(24-23-18)19-9-8-16(22)14-17(19)20(27)15-6-4-3-5-7-15/h3-9,14,18,21H,2,10-13H2,1H3. The highest BCUT2D eigenvalue weighted by atomic mass is 35.5. The number of carbonyl (C=O) groups excluding carboxylic acids is 1. The third-order valence-electron chi connectivity index (χ3n) is 5.22. The van der Waals surface area contributed by atoms with E-state index in [1.165, 1.54) is 0 Å². The van der Waals surface area contributed by atoms with Crippen LogP contribution in [0.5, 0.6) is 0 Å². The minimum atomic E-state index is -0.0750. The van der Waals surface area contributed by atoms with Crippen LogP contribution in [0.15, 0.2) is 58.9 Å². The SMILES string of the molecule is CCC1N=NN(c2ccc(Cl)cc2C(=O)c2ccccc2)C1N1CCOCC1. The Labute approximate surface area is 169 Å². The number of hydrogen-bond acceptors (Lipinski definition) is 6. The number of benzene rings is 2. The van der Waals surface area contributed by atoms with Crippen molar-refractivity contribution < 1.29 is 9.53 Å². The smallest absolute Gasteiger partial charge is 0.195 e. The van der Waals surface area contributed by atoms with Crippen molar-refractivity contribution in [3.63, 3.8) is 0 Å². The number of anilines is 1. The van der Waals surface area contributed by atoms with Crippen molar-refractivity contribution >= 4 is 23.1 Å². The molecular formula is C21H23ClN4O2.